The molecule has 1 aromatic heterocycles. The molecule has 2 N–H and O–H groups in total. The van der Waals surface area contributed by atoms with E-state index in [1.54, 1.807) is 7.11 Å². The fourth-order valence-electron chi connectivity index (χ4n) is 13.6. The molecule has 1 spiro atoms. The maximum absolute atomic E-state index is 15.4. The van der Waals surface area contributed by atoms with E-state index in [1.165, 1.54) is 19.6 Å². The highest BCUT2D eigenvalue weighted by Crippen LogP contribution is 2.68. The number of hydrogen-bond donors (Lipinski definition) is 2. The van der Waals surface area contributed by atoms with Crippen LogP contribution in [0.3, 0.4) is 0 Å². The van der Waals surface area contributed by atoms with Crippen molar-refractivity contribution in [3.05, 3.63) is 82.6 Å². The standard InChI is InChI=1S/C49H60N4O8/c1-7-30-22-31-25-48(45(56)59-6,40-34(16-20-52(26-30)27-31)33-12-9-10-13-37(33)50-40)36-23-35-38(24-39(36)58-5)51(4)43-47(35)18-21-53-19-11-17-46(8-2,42(47)53)44(61-29(3)54)49(43,57)28-60-41(55)32-14-15-32/h9-13,17,22-24,31-32,42-44,50,57H,7-8,14-16,18-21,25-28H2,1-6H3/t31-,42-,43+,44+,46+,47+,48-,49?/m0/s1. The van der Waals surface area contributed by atoms with Gasteiger partial charge in [-0.3, -0.25) is 24.2 Å². The van der Waals surface area contributed by atoms with Crippen LogP contribution < -0.4 is 9.64 Å². The van der Waals surface area contributed by atoms with Crippen LogP contribution in [0.1, 0.15) is 81.7 Å². The number of rotatable bonds is 9. The summed E-state index contributed by atoms with van der Waals surface area (Å²) < 4.78 is 24.9. The number of anilines is 1. The van der Waals surface area contributed by atoms with Crippen molar-refractivity contribution in [3.8, 4) is 5.75 Å². The zero-order valence-electron chi connectivity index (χ0n) is 36.4. The van der Waals surface area contributed by atoms with E-state index in [2.05, 4.69) is 76.0 Å². The minimum Gasteiger partial charge on any atom is -0.496 e. The van der Waals surface area contributed by atoms with Crippen LogP contribution in [0.4, 0.5) is 5.69 Å². The normalized spacial score (nSPS) is 34.8. The highest BCUT2D eigenvalue weighted by Gasteiger charge is 2.78. The number of aromatic amines is 1. The van der Waals surface area contributed by atoms with Gasteiger partial charge in [-0.05, 0) is 80.7 Å². The number of ether oxygens (including phenoxy) is 4. The Morgan fingerprint density at radius 1 is 1.03 bits per heavy atom. The lowest BCUT2D eigenvalue weighted by molar-refractivity contribution is -0.232. The third-order valence-electron chi connectivity index (χ3n) is 16.0. The molecule has 1 saturated heterocycles. The van der Waals surface area contributed by atoms with Crippen molar-refractivity contribution in [1.29, 1.82) is 0 Å². The first kappa shape index (κ1) is 40.4. The van der Waals surface area contributed by atoms with Crippen molar-refractivity contribution in [3.63, 3.8) is 0 Å². The van der Waals surface area contributed by atoms with E-state index in [9.17, 15) is 14.7 Å². The Morgan fingerprint density at radius 3 is 2.56 bits per heavy atom. The molecule has 10 rings (SSSR count). The smallest absolute Gasteiger partial charge is 0.322 e. The van der Waals surface area contributed by atoms with Gasteiger partial charge in [0.15, 0.2) is 5.60 Å². The number of aliphatic hydroxyl groups is 1. The summed E-state index contributed by atoms with van der Waals surface area (Å²) in [5, 5.41) is 14.8. The third kappa shape index (κ3) is 5.63. The Hall–Kier alpha value is -4.65. The highest BCUT2D eigenvalue weighted by molar-refractivity contribution is 5.94. The van der Waals surface area contributed by atoms with Crippen molar-refractivity contribution in [1.82, 2.24) is 14.8 Å². The van der Waals surface area contributed by atoms with Gasteiger partial charge in [-0.15, -0.1) is 0 Å². The minimum atomic E-state index is -1.82. The monoisotopic (exact) mass is 832 g/mol. The van der Waals surface area contributed by atoms with Crippen LogP contribution in [0.5, 0.6) is 5.75 Å². The summed E-state index contributed by atoms with van der Waals surface area (Å²) in [6.45, 7) is 9.39. The molecule has 2 bridgehead atoms. The van der Waals surface area contributed by atoms with Gasteiger partial charge < -0.3 is 33.9 Å². The molecule has 7 aliphatic rings. The second-order valence-corrected chi connectivity index (χ2v) is 19.1. The minimum absolute atomic E-state index is 0.0373. The molecule has 2 saturated carbocycles. The second-order valence-electron chi connectivity index (χ2n) is 19.1. The highest BCUT2D eigenvalue weighted by atomic mass is 16.6. The summed E-state index contributed by atoms with van der Waals surface area (Å²) in [5.41, 5.74) is 2.12. The number of nitrogens with zero attached hydrogens (tertiary/aromatic N) is 3. The van der Waals surface area contributed by atoms with Crippen LogP contribution in [0.2, 0.25) is 0 Å². The van der Waals surface area contributed by atoms with Gasteiger partial charge in [0.25, 0.3) is 0 Å². The lowest BCUT2D eigenvalue weighted by Gasteiger charge is -2.64. The summed E-state index contributed by atoms with van der Waals surface area (Å²) >= 11 is 0. The molecular formula is C49H60N4O8. The Balaban J connectivity index is 1.25. The van der Waals surface area contributed by atoms with Crippen molar-refractivity contribution in [2.75, 3.05) is 65.5 Å². The lowest BCUT2D eigenvalue weighted by atomic mass is 9.47. The summed E-state index contributed by atoms with van der Waals surface area (Å²) in [6.07, 6.45) is 10.6. The molecule has 6 heterocycles. The van der Waals surface area contributed by atoms with Crippen LogP contribution in [-0.2, 0) is 45.8 Å². The van der Waals surface area contributed by atoms with Crippen LogP contribution in [0, 0.1) is 17.3 Å². The number of methoxy groups -OCH3 is 2. The van der Waals surface area contributed by atoms with E-state index in [1.807, 2.05) is 19.2 Å². The zero-order valence-corrected chi connectivity index (χ0v) is 36.4. The number of benzene rings is 2. The molecule has 61 heavy (non-hydrogen) atoms. The first-order valence-corrected chi connectivity index (χ1v) is 22.4. The predicted molar refractivity (Wildman–Crippen MR) is 231 cm³/mol. The van der Waals surface area contributed by atoms with Gasteiger partial charge in [0, 0.05) is 90.9 Å². The van der Waals surface area contributed by atoms with Crippen LogP contribution in [-0.4, -0.2) is 122 Å². The fourth-order valence-corrected chi connectivity index (χ4v) is 13.6. The number of likely N-dealkylation sites (N-methyl/N-ethyl adjacent to an activating group) is 1. The van der Waals surface area contributed by atoms with Gasteiger partial charge in [-0.25, -0.2) is 0 Å². The maximum atomic E-state index is 15.4. The molecular weight excluding hydrogens is 773 g/mol. The SMILES string of the molecule is CCC1=C[C@@H]2CN(CCc3c([nH]c4ccccc34)[C@@](C(=O)OC)(c3cc4c(cc3OC)N(C)[C@H]3C(O)(COC(=O)C5CC5)[C@H](OC(C)=O)[C@]5(CC)C=CCN6CC[C@]43[C@@H]65)C2)C1. The molecule has 0 radical (unpaired) electrons. The number of H-pyrrole nitrogens is 1. The van der Waals surface area contributed by atoms with E-state index in [4.69, 9.17) is 18.9 Å². The fraction of sp³-hybridized carbons (Fsp3) is 0.571. The van der Waals surface area contributed by atoms with Gasteiger partial charge in [0.1, 0.15) is 23.9 Å². The van der Waals surface area contributed by atoms with E-state index in [-0.39, 0.29) is 36.4 Å². The van der Waals surface area contributed by atoms with Gasteiger partial charge >= 0.3 is 17.9 Å². The molecule has 12 nitrogen and oxygen atoms in total. The molecule has 12 heteroatoms. The number of fused-ring (bicyclic) bond motifs is 6. The van der Waals surface area contributed by atoms with Gasteiger partial charge in [0.05, 0.1) is 26.2 Å². The maximum Gasteiger partial charge on any atom is 0.322 e. The summed E-state index contributed by atoms with van der Waals surface area (Å²) in [5.74, 6) is -0.790. The van der Waals surface area contributed by atoms with E-state index in [0.29, 0.717) is 31.6 Å². The average molecular weight is 833 g/mol. The molecule has 2 aromatic carbocycles. The van der Waals surface area contributed by atoms with Crippen molar-refractivity contribution >= 4 is 34.5 Å². The van der Waals surface area contributed by atoms with Gasteiger partial charge in [-0.1, -0.05) is 55.8 Å². The number of esters is 3. The predicted octanol–water partition coefficient (Wildman–Crippen LogP) is 5.58. The van der Waals surface area contributed by atoms with Crippen molar-refractivity contribution in [2.24, 2.45) is 17.3 Å². The Labute approximate surface area is 358 Å². The number of carbonyl (C=O) groups is 3. The summed E-state index contributed by atoms with van der Waals surface area (Å²) in [6, 6.07) is 11.7. The molecule has 5 aliphatic heterocycles. The molecule has 2 aliphatic carbocycles. The topological polar surface area (TPSA) is 134 Å². The van der Waals surface area contributed by atoms with Crippen LogP contribution >= 0.6 is 0 Å². The Morgan fingerprint density at radius 2 is 1.84 bits per heavy atom. The molecule has 2 unspecified atom stereocenters. The largest absolute Gasteiger partial charge is 0.496 e. The van der Waals surface area contributed by atoms with E-state index in [0.717, 1.165) is 90.8 Å². The second kappa shape index (κ2) is 14.5. The zero-order chi connectivity index (χ0) is 42.6. The first-order valence-electron chi connectivity index (χ1n) is 22.4. The summed E-state index contributed by atoms with van der Waals surface area (Å²) in [4.78, 5) is 52.8. The van der Waals surface area contributed by atoms with Crippen molar-refractivity contribution < 1.29 is 38.4 Å². The first-order chi connectivity index (χ1) is 29.4. The van der Waals surface area contributed by atoms with E-state index >= 15 is 4.79 Å². The Kier molecular flexibility index (Phi) is 9.58. The van der Waals surface area contributed by atoms with Gasteiger partial charge in [0.2, 0.25) is 0 Å². The lowest BCUT2D eigenvalue weighted by Crippen LogP contribution is -2.80. The quantitative estimate of drug-likeness (QED) is 0.159. The van der Waals surface area contributed by atoms with E-state index < -0.39 is 40.0 Å². The number of para-hydroxylation sites is 1. The molecule has 324 valence electrons. The number of hydrogen-bond acceptors (Lipinski definition) is 11. The van der Waals surface area contributed by atoms with Crippen LogP contribution in [0.25, 0.3) is 10.9 Å². The van der Waals surface area contributed by atoms with Crippen molar-refractivity contribution in [2.45, 2.75) is 100 Å². The summed E-state index contributed by atoms with van der Waals surface area (Å²) in [7, 11) is 5.13. The Bertz CT molecular complexity index is 2370. The average Bonchev–Trinajstić information content (AvgIpc) is 3.88. The molecule has 3 fully saturated rings. The molecule has 9 atom stereocenters. The third-order valence-corrected chi connectivity index (χ3v) is 16.0. The number of aromatic nitrogens is 1. The molecule has 0 amide bonds. The number of nitrogens with one attached hydrogen (secondary N) is 1. The molecule has 3 aromatic rings. The number of carbonyl (C=O) groups excluding carboxylic acids is 3. The van der Waals surface area contributed by atoms with Gasteiger partial charge in [-0.2, -0.15) is 0 Å². The van der Waals surface area contributed by atoms with Crippen LogP contribution in [0.15, 0.2) is 60.2 Å².